The molecule has 104 valence electrons. The molecule has 0 radical (unpaired) electrons. The molecule has 19 heavy (non-hydrogen) atoms. The Morgan fingerprint density at radius 1 is 1.37 bits per heavy atom. The molecule has 4 nitrogen and oxygen atoms in total. The van der Waals surface area contributed by atoms with Crippen molar-refractivity contribution in [3.05, 3.63) is 29.6 Å². The third kappa shape index (κ3) is 3.14. The number of nitrogens with zero attached hydrogens (tertiary/aromatic N) is 2. The lowest BCUT2D eigenvalue weighted by Gasteiger charge is -2.05. The van der Waals surface area contributed by atoms with E-state index in [0.29, 0.717) is 12.5 Å². The minimum absolute atomic E-state index is 0.438. The summed E-state index contributed by atoms with van der Waals surface area (Å²) >= 11 is 0. The lowest BCUT2D eigenvalue weighted by molar-refractivity contribution is 0.124. The van der Waals surface area contributed by atoms with Crippen LogP contribution in [0.4, 0.5) is 0 Å². The summed E-state index contributed by atoms with van der Waals surface area (Å²) in [5, 5.41) is 3.07. The minimum atomic E-state index is 0.438. The molecule has 0 unspecified atom stereocenters. The van der Waals surface area contributed by atoms with E-state index in [2.05, 4.69) is 49.0 Å². The normalized spacial score (nSPS) is 11.6. The maximum atomic E-state index is 5.60. The van der Waals surface area contributed by atoms with Gasteiger partial charge in [0.25, 0.3) is 0 Å². The van der Waals surface area contributed by atoms with Crippen molar-refractivity contribution in [2.24, 2.45) is 7.05 Å². The molecule has 2 rings (SSSR count). The molecule has 4 heteroatoms. The van der Waals surface area contributed by atoms with Gasteiger partial charge in [-0.15, -0.1) is 0 Å². The van der Waals surface area contributed by atoms with Crippen molar-refractivity contribution in [3.8, 4) is 0 Å². The lowest BCUT2D eigenvalue weighted by atomic mass is 10.2. The van der Waals surface area contributed by atoms with Gasteiger partial charge in [0, 0.05) is 19.5 Å². The molecule has 0 aliphatic heterocycles. The van der Waals surface area contributed by atoms with E-state index in [-0.39, 0.29) is 0 Å². The number of aryl methyl sites for hydroxylation is 1. The number of benzene rings is 1. The molecule has 0 aliphatic rings. The van der Waals surface area contributed by atoms with Gasteiger partial charge in [0.1, 0.15) is 5.82 Å². The summed E-state index contributed by atoms with van der Waals surface area (Å²) in [6.45, 7) is 6.59. The monoisotopic (exact) mass is 261 g/mol. The number of imidazole rings is 1. The van der Waals surface area contributed by atoms with Gasteiger partial charge in [0.05, 0.1) is 24.2 Å². The molecule has 1 aromatic carbocycles. The summed E-state index contributed by atoms with van der Waals surface area (Å²) in [5.74, 6) is 1.57. The van der Waals surface area contributed by atoms with Gasteiger partial charge in [-0.3, -0.25) is 0 Å². The highest BCUT2D eigenvalue weighted by atomic mass is 16.5. The first-order valence-corrected chi connectivity index (χ1v) is 6.81. The Hall–Kier alpha value is -1.39. The Kier molecular flexibility index (Phi) is 4.56. The minimum Gasteiger partial charge on any atom is -0.375 e. The van der Waals surface area contributed by atoms with Gasteiger partial charge in [0.2, 0.25) is 0 Å². The van der Waals surface area contributed by atoms with E-state index >= 15 is 0 Å². The first-order valence-electron chi connectivity index (χ1n) is 6.81. The zero-order valence-corrected chi connectivity index (χ0v) is 12.2. The zero-order valence-electron chi connectivity index (χ0n) is 12.2. The Morgan fingerprint density at radius 3 is 2.84 bits per heavy atom. The first-order chi connectivity index (χ1) is 9.13. The number of rotatable bonds is 6. The Balaban J connectivity index is 2.16. The van der Waals surface area contributed by atoms with Crippen LogP contribution in [0.1, 0.15) is 31.2 Å². The number of fused-ring (bicyclic) bond motifs is 1. The van der Waals surface area contributed by atoms with E-state index in [1.165, 1.54) is 11.1 Å². The van der Waals surface area contributed by atoms with Crippen LogP contribution in [0.25, 0.3) is 11.0 Å². The molecule has 0 aliphatic carbocycles. The van der Waals surface area contributed by atoms with Gasteiger partial charge < -0.3 is 14.6 Å². The molecule has 2 aromatic rings. The van der Waals surface area contributed by atoms with Gasteiger partial charge in [-0.25, -0.2) is 4.98 Å². The molecule has 0 saturated heterocycles. The highest BCUT2D eigenvalue weighted by Gasteiger charge is 2.10. The van der Waals surface area contributed by atoms with Crippen LogP contribution in [0, 0.1) is 0 Å². The average Bonchev–Trinajstić information content (AvgIpc) is 2.72. The number of hydrogen-bond donors (Lipinski definition) is 1. The van der Waals surface area contributed by atoms with Crippen molar-refractivity contribution in [1.29, 1.82) is 0 Å². The van der Waals surface area contributed by atoms with Crippen molar-refractivity contribution < 1.29 is 4.74 Å². The Morgan fingerprint density at radius 2 is 2.16 bits per heavy atom. The van der Waals surface area contributed by atoms with Crippen LogP contribution < -0.4 is 5.32 Å². The van der Waals surface area contributed by atoms with Gasteiger partial charge in [-0.2, -0.15) is 0 Å². The van der Waals surface area contributed by atoms with Crippen LogP contribution in [-0.2, 0) is 18.4 Å². The Bertz CT molecular complexity index is 546. The fourth-order valence-corrected chi connectivity index (χ4v) is 2.23. The van der Waals surface area contributed by atoms with E-state index in [1.807, 2.05) is 7.05 Å². The molecule has 1 heterocycles. The standard InChI is InChI=1S/C15H23N3O/c1-11(2)15-17-13-9-12(10-19-8-7-16-3)5-6-14(13)18(15)4/h5-6,9,11,16H,7-8,10H2,1-4H3. The molecular weight excluding hydrogens is 238 g/mol. The highest BCUT2D eigenvalue weighted by molar-refractivity contribution is 5.76. The SMILES string of the molecule is CNCCOCc1ccc2c(c1)nc(C(C)C)n2C. The van der Waals surface area contributed by atoms with Crippen LogP contribution in [0.15, 0.2) is 18.2 Å². The molecule has 0 amide bonds. The third-order valence-electron chi connectivity index (χ3n) is 3.26. The van der Waals surface area contributed by atoms with Crippen molar-refractivity contribution in [3.63, 3.8) is 0 Å². The number of ether oxygens (including phenoxy) is 1. The molecular formula is C15H23N3O. The fraction of sp³-hybridized carbons (Fsp3) is 0.533. The zero-order chi connectivity index (χ0) is 13.8. The van der Waals surface area contributed by atoms with Crippen LogP contribution in [0.5, 0.6) is 0 Å². The van der Waals surface area contributed by atoms with Crippen molar-refractivity contribution in [2.75, 3.05) is 20.2 Å². The molecule has 1 N–H and O–H groups in total. The van der Waals surface area contributed by atoms with Crippen molar-refractivity contribution >= 4 is 11.0 Å². The van der Waals surface area contributed by atoms with Gasteiger partial charge in [-0.05, 0) is 24.7 Å². The summed E-state index contributed by atoms with van der Waals surface area (Å²) in [6, 6.07) is 6.37. The quantitative estimate of drug-likeness (QED) is 0.812. The van der Waals surface area contributed by atoms with Crippen LogP contribution in [0.2, 0.25) is 0 Å². The molecule has 0 spiro atoms. The second-order valence-electron chi connectivity index (χ2n) is 5.16. The molecule has 0 fully saturated rings. The summed E-state index contributed by atoms with van der Waals surface area (Å²) in [6.07, 6.45) is 0. The van der Waals surface area contributed by atoms with E-state index in [4.69, 9.17) is 9.72 Å². The predicted molar refractivity (Wildman–Crippen MR) is 78.4 cm³/mol. The van der Waals surface area contributed by atoms with Crippen molar-refractivity contribution in [1.82, 2.24) is 14.9 Å². The summed E-state index contributed by atoms with van der Waals surface area (Å²) in [4.78, 5) is 4.71. The van der Waals surface area contributed by atoms with E-state index in [9.17, 15) is 0 Å². The second-order valence-corrected chi connectivity index (χ2v) is 5.16. The maximum absolute atomic E-state index is 5.60. The topological polar surface area (TPSA) is 39.1 Å². The smallest absolute Gasteiger partial charge is 0.112 e. The van der Waals surface area contributed by atoms with Crippen molar-refractivity contribution in [2.45, 2.75) is 26.4 Å². The average molecular weight is 261 g/mol. The van der Waals surface area contributed by atoms with Gasteiger partial charge >= 0.3 is 0 Å². The number of nitrogens with one attached hydrogen (secondary N) is 1. The van der Waals surface area contributed by atoms with Crippen LogP contribution in [-0.4, -0.2) is 29.8 Å². The predicted octanol–water partition coefficient (Wildman–Crippen LogP) is 2.43. The fourth-order valence-electron chi connectivity index (χ4n) is 2.23. The van der Waals surface area contributed by atoms with E-state index in [1.54, 1.807) is 0 Å². The number of hydrogen-bond acceptors (Lipinski definition) is 3. The van der Waals surface area contributed by atoms with Gasteiger partial charge in [-0.1, -0.05) is 19.9 Å². The second kappa shape index (κ2) is 6.17. The van der Waals surface area contributed by atoms with E-state index < -0.39 is 0 Å². The summed E-state index contributed by atoms with van der Waals surface area (Å²) in [5.41, 5.74) is 3.42. The number of aromatic nitrogens is 2. The molecule has 1 aromatic heterocycles. The first kappa shape index (κ1) is 14.0. The summed E-state index contributed by atoms with van der Waals surface area (Å²) < 4.78 is 7.77. The molecule has 0 saturated carbocycles. The van der Waals surface area contributed by atoms with Gasteiger partial charge in [0.15, 0.2) is 0 Å². The van der Waals surface area contributed by atoms with E-state index in [0.717, 1.165) is 24.5 Å². The largest absolute Gasteiger partial charge is 0.375 e. The lowest BCUT2D eigenvalue weighted by Crippen LogP contribution is -2.13. The third-order valence-corrected chi connectivity index (χ3v) is 3.26. The van der Waals surface area contributed by atoms with Crippen LogP contribution >= 0.6 is 0 Å². The van der Waals surface area contributed by atoms with Crippen LogP contribution in [0.3, 0.4) is 0 Å². The summed E-state index contributed by atoms with van der Waals surface area (Å²) in [7, 11) is 4.00. The molecule has 0 bridgehead atoms. The Labute approximate surface area is 114 Å². The molecule has 0 atom stereocenters. The maximum Gasteiger partial charge on any atom is 0.112 e. The number of likely N-dealkylation sites (N-methyl/N-ethyl adjacent to an activating group) is 1. The highest BCUT2D eigenvalue weighted by Crippen LogP contribution is 2.21.